The Morgan fingerprint density at radius 1 is 1.03 bits per heavy atom. The van der Waals surface area contributed by atoms with Crippen molar-refractivity contribution in [1.82, 2.24) is 19.2 Å². The number of rotatable bonds is 5. The molecule has 3 aromatic rings. The number of anilines is 1. The van der Waals surface area contributed by atoms with Gasteiger partial charge in [0.15, 0.2) is 5.69 Å². The SMILES string of the molecule is Cc1cccc(NC(=O)CN2CCN(C(=O)c3nc(S(C)(=O)=O)n4ccccc34)CC2)c1C. The first-order chi connectivity index (χ1) is 15.6. The standard InChI is InChI=1S/C23H27N5O4S/c1-16-7-6-8-18(17(16)2)24-20(29)15-26-11-13-27(14-12-26)22(30)21-19-9-4-5-10-28(19)23(25-21)33(3,31)32/h4-10H,11-15H2,1-3H3,(H,24,29). The Morgan fingerprint density at radius 2 is 1.76 bits per heavy atom. The van der Waals surface area contributed by atoms with E-state index in [1.54, 1.807) is 29.3 Å². The van der Waals surface area contributed by atoms with E-state index in [0.717, 1.165) is 23.1 Å². The van der Waals surface area contributed by atoms with Crippen LogP contribution >= 0.6 is 0 Å². The van der Waals surface area contributed by atoms with E-state index in [-0.39, 0.29) is 29.2 Å². The van der Waals surface area contributed by atoms with Crippen LogP contribution in [0.3, 0.4) is 0 Å². The summed E-state index contributed by atoms with van der Waals surface area (Å²) < 4.78 is 25.7. The lowest BCUT2D eigenvalue weighted by Crippen LogP contribution is -2.50. The summed E-state index contributed by atoms with van der Waals surface area (Å²) in [5.74, 6) is -0.408. The van der Waals surface area contributed by atoms with Crippen molar-refractivity contribution in [2.24, 2.45) is 0 Å². The molecule has 0 radical (unpaired) electrons. The molecule has 0 aliphatic carbocycles. The molecule has 4 rings (SSSR count). The van der Waals surface area contributed by atoms with Gasteiger partial charge in [-0.2, -0.15) is 0 Å². The molecule has 0 atom stereocenters. The van der Waals surface area contributed by atoms with Crippen molar-refractivity contribution in [3.8, 4) is 0 Å². The van der Waals surface area contributed by atoms with Gasteiger partial charge in [-0.15, -0.1) is 0 Å². The van der Waals surface area contributed by atoms with Crippen LogP contribution < -0.4 is 5.32 Å². The van der Waals surface area contributed by atoms with E-state index in [2.05, 4.69) is 10.3 Å². The summed E-state index contributed by atoms with van der Waals surface area (Å²) in [7, 11) is -3.60. The molecule has 2 amide bonds. The Labute approximate surface area is 192 Å². The number of aryl methyl sites for hydroxylation is 1. The van der Waals surface area contributed by atoms with Gasteiger partial charge in [0.2, 0.25) is 20.9 Å². The Morgan fingerprint density at radius 3 is 2.45 bits per heavy atom. The summed E-state index contributed by atoms with van der Waals surface area (Å²) in [5, 5.41) is 2.81. The van der Waals surface area contributed by atoms with Gasteiger partial charge in [-0.3, -0.25) is 18.9 Å². The van der Waals surface area contributed by atoms with Gasteiger partial charge in [0.25, 0.3) is 5.91 Å². The number of benzene rings is 1. The van der Waals surface area contributed by atoms with Gasteiger partial charge in [-0.25, -0.2) is 13.4 Å². The molecule has 3 heterocycles. The maximum Gasteiger partial charge on any atom is 0.274 e. The number of fused-ring (bicyclic) bond motifs is 1. The van der Waals surface area contributed by atoms with Crippen molar-refractivity contribution in [2.75, 3.05) is 44.3 Å². The summed E-state index contributed by atoms with van der Waals surface area (Å²) in [6, 6.07) is 10.9. The predicted octanol–water partition coefficient (Wildman–Crippen LogP) is 1.75. The normalized spacial score (nSPS) is 15.1. The van der Waals surface area contributed by atoms with Crippen molar-refractivity contribution < 1.29 is 18.0 Å². The topological polar surface area (TPSA) is 104 Å². The van der Waals surface area contributed by atoms with Gasteiger partial charge in [0.1, 0.15) is 0 Å². The van der Waals surface area contributed by atoms with Crippen LogP contribution in [0.15, 0.2) is 47.8 Å². The Hall–Kier alpha value is -3.24. The highest BCUT2D eigenvalue weighted by Crippen LogP contribution is 2.20. The van der Waals surface area contributed by atoms with E-state index in [1.807, 2.05) is 36.9 Å². The summed E-state index contributed by atoms with van der Waals surface area (Å²) in [4.78, 5) is 33.5. The molecular formula is C23H27N5O4S. The minimum Gasteiger partial charge on any atom is -0.335 e. The van der Waals surface area contributed by atoms with Crippen molar-refractivity contribution in [2.45, 2.75) is 19.0 Å². The second kappa shape index (κ2) is 8.95. The number of nitrogens with zero attached hydrogens (tertiary/aromatic N) is 4. The molecular weight excluding hydrogens is 442 g/mol. The minimum absolute atomic E-state index is 0.0960. The summed E-state index contributed by atoms with van der Waals surface area (Å²) in [6.07, 6.45) is 2.66. The maximum absolute atomic E-state index is 13.2. The zero-order chi connectivity index (χ0) is 23.8. The molecule has 0 saturated carbocycles. The van der Waals surface area contributed by atoms with Crippen molar-refractivity contribution in [3.05, 3.63) is 59.4 Å². The minimum atomic E-state index is -3.60. The molecule has 0 bridgehead atoms. The lowest BCUT2D eigenvalue weighted by molar-refractivity contribution is -0.117. The van der Waals surface area contributed by atoms with Crippen LogP contribution in [-0.4, -0.2) is 78.4 Å². The molecule has 0 unspecified atom stereocenters. The summed E-state index contributed by atoms with van der Waals surface area (Å²) >= 11 is 0. The first-order valence-corrected chi connectivity index (χ1v) is 12.6. The van der Waals surface area contributed by atoms with Crippen LogP contribution in [0.5, 0.6) is 0 Å². The Bertz CT molecular complexity index is 1320. The molecule has 2 aromatic heterocycles. The molecule has 1 aliphatic heterocycles. The van der Waals surface area contributed by atoms with Crippen molar-refractivity contribution >= 4 is 32.9 Å². The lowest BCUT2D eigenvalue weighted by atomic mass is 10.1. The molecule has 174 valence electrons. The van der Waals surface area contributed by atoms with Crippen molar-refractivity contribution in [1.29, 1.82) is 0 Å². The van der Waals surface area contributed by atoms with Crippen LogP contribution in [0.1, 0.15) is 21.6 Å². The summed E-state index contributed by atoms with van der Waals surface area (Å²) in [5.41, 5.74) is 3.55. The molecule has 33 heavy (non-hydrogen) atoms. The highest BCUT2D eigenvalue weighted by Gasteiger charge is 2.28. The van der Waals surface area contributed by atoms with Gasteiger partial charge >= 0.3 is 0 Å². The van der Waals surface area contributed by atoms with Gasteiger partial charge in [-0.05, 0) is 43.2 Å². The monoisotopic (exact) mass is 469 g/mol. The number of nitrogens with one attached hydrogen (secondary N) is 1. The zero-order valence-corrected chi connectivity index (χ0v) is 19.7. The summed E-state index contributed by atoms with van der Waals surface area (Å²) in [6.45, 7) is 6.15. The van der Waals surface area contributed by atoms with Gasteiger partial charge in [0.05, 0.1) is 12.1 Å². The number of carbonyl (C=O) groups excluding carboxylic acids is 2. The van der Waals surface area contributed by atoms with Gasteiger partial charge in [0, 0.05) is 44.3 Å². The van der Waals surface area contributed by atoms with E-state index in [0.29, 0.717) is 31.7 Å². The fourth-order valence-electron chi connectivity index (χ4n) is 3.97. The molecule has 0 spiro atoms. The fourth-order valence-corrected chi connectivity index (χ4v) is 4.74. The molecule has 1 aromatic carbocycles. The molecule has 1 aliphatic rings. The predicted molar refractivity (Wildman–Crippen MR) is 125 cm³/mol. The lowest BCUT2D eigenvalue weighted by Gasteiger charge is -2.34. The van der Waals surface area contributed by atoms with Gasteiger partial charge in [-0.1, -0.05) is 18.2 Å². The third kappa shape index (κ3) is 4.76. The molecule has 9 nitrogen and oxygen atoms in total. The number of hydrogen-bond donors (Lipinski definition) is 1. The van der Waals surface area contributed by atoms with Crippen molar-refractivity contribution in [3.63, 3.8) is 0 Å². The number of pyridine rings is 1. The van der Waals surface area contributed by atoms with Crippen LogP contribution in [0.4, 0.5) is 5.69 Å². The molecule has 10 heteroatoms. The third-order valence-electron chi connectivity index (χ3n) is 5.96. The second-order valence-electron chi connectivity index (χ2n) is 8.34. The Kier molecular flexibility index (Phi) is 6.22. The second-order valence-corrected chi connectivity index (χ2v) is 10.2. The zero-order valence-electron chi connectivity index (χ0n) is 18.9. The van der Waals surface area contributed by atoms with E-state index in [4.69, 9.17) is 0 Å². The first-order valence-electron chi connectivity index (χ1n) is 10.7. The van der Waals surface area contributed by atoms with Gasteiger partial charge < -0.3 is 10.2 Å². The van der Waals surface area contributed by atoms with Crippen LogP contribution in [-0.2, 0) is 14.6 Å². The fraction of sp³-hybridized carbons (Fsp3) is 0.348. The number of aromatic nitrogens is 2. The number of hydrogen-bond acceptors (Lipinski definition) is 6. The average molecular weight is 470 g/mol. The van der Waals surface area contributed by atoms with Crippen LogP contribution in [0.2, 0.25) is 0 Å². The number of sulfone groups is 1. The molecule has 1 fully saturated rings. The third-order valence-corrected chi connectivity index (χ3v) is 6.91. The average Bonchev–Trinajstić information content (AvgIpc) is 3.17. The number of amides is 2. The van der Waals surface area contributed by atoms with E-state index in [9.17, 15) is 18.0 Å². The quantitative estimate of drug-likeness (QED) is 0.611. The highest BCUT2D eigenvalue weighted by atomic mass is 32.2. The largest absolute Gasteiger partial charge is 0.335 e. The van der Waals surface area contributed by atoms with E-state index >= 15 is 0 Å². The maximum atomic E-state index is 13.2. The highest BCUT2D eigenvalue weighted by molar-refractivity contribution is 7.90. The van der Waals surface area contributed by atoms with Crippen LogP contribution in [0.25, 0.3) is 5.52 Å². The molecule has 1 saturated heterocycles. The number of piperazine rings is 1. The Balaban J connectivity index is 1.41. The van der Waals surface area contributed by atoms with Crippen LogP contribution in [0, 0.1) is 13.8 Å². The number of carbonyl (C=O) groups is 2. The smallest absolute Gasteiger partial charge is 0.274 e. The van der Waals surface area contributed by atoms with E-state index < -0.39 is 9.84 Å². The first kappa shape index (κ1) is 22.9. The molecule has 1 N–H and O–H groups in total. The number of imidazole rings is 1. The van der Waals surface area contributed by atoms with E-state index in [1.165, 1.54) is 4.40 Å².